The van der Waals surface area contributed by atoms with E-state index in [1.165, 1.54) is 35.1 Å². The summed E-state index contributed by atoms with van der Waals surface area (Å²) in [4.78, 5) is 13.2. The number of hydrogen-bond donors (Lipinski definition) is 0. The third-order valence-corrected chi connectivity index (χ3v) is 5.18. The van der Waals surface area contributed by atoms with Gasteiger partial charge in [-0.15, -0.1) is 0 Å². The fourth-order valence-electron chi connectivity index (χ4n) is 4.01. The van der Waals surface area contributed by atoms with Gasteiger partial charge in [-0.25, -0.2) is 0 Å². The predicted octanol–water partition coefficient (Wildman–Crippen LogP) is 5.77. The van der Waals surface area contributed by atoms with E-state index in [0.717, 1.165) is 24.0 Å². The number of allylic oxidation sites excluding steroid dienone is 3. The molecule has 0 aliphatic heterocycles. The summed E-state index contributed by atoms with van der Waals surface area (Å²) in [6, 6.07) is 18.6. The van der Waals surface area contributed by atoms with Crippen molar-refractivity contribution in [3.8, 4) is 0 Å². The zero-order valence-electron chi connectivity index (χ0n) is 14.1. The quantitative estimate of drug-likeness (QED) is 0.640. The van der Waals surface area contributed by atoms with E-state index in [4.69, 9.17) is 0 Å². The van der Waals surface area contributed by atoms with Crippen LogP contribution >= 0.6 is 0 Å². The highest BCUT2D eigenvalue weighted by Gasteiger charge is 2.40. The maximum Gasteiger partial charge on any atom is 0.171 e. The van der Waals surface area contributed by atoms with Gasteiger partial charge in [0.25, 0.3) is 0 Å². The molecule has 0 saturated heterocycles. The van der Waals surface area contributed by atoms with Gasteiger partial charge in [-0.2, -0.15) is 0 Å². The lowest BCUT2D eigenvalue weighted by atomic mass is 9.91. The SMILES string of the molecule is CCCCCC1C(=O)C(c2ccccc2)=C2C1=Cc1ccccc12. The third kappa shape index (κ3) is 2.36. The molecule has 1 heteroatoms. The van der Waals surface area contributed by atoms with Crippen LogP contribution in [-0.2, 0) is 4.79 Å². The van der Waals surface area contributed by atoms with Crippen molar-refractivity contribution in [3.05, 3.63) is 76.9 Å². The number of carbonyl (C=O) groups is 1. The van der Waals surface area contributed by atoms with E-state index < -0.39 is 0 Å². The second-order valence-electron chi connectivity index (χ2n) is 6.72. The van der Waals surface area contributed by atoms with Gasteiger partial charge in [-0.05, 0) is 40.3 Å². The highest BCUT2D eigenvalue weighted by Crippen LogP contribution is 2.51. The van der Waals surface area contributed by atoms with Crippen LogP contribution in [0.2, 0.25) is 0 Å². The lowest BCUT2D eigenvalue weighted by Gasteiger charge is -2.11. The van der Waals surface area contributed by atoms with E-state index >= 15 is 0 Å². The molecule has 4 rings (SSSR count). The summed E-state index contributed by atoms with van der Waals surface area (Å²) < 4.78 is 0. The summed E-state index contributed by atoms with van der Waals surface area (Å²) in [5.41, 5.74) is 6.88. The van der Waals surface area contributed by atoms with Gasteiger partial charge in [0.05, 0.1) is 0 Å². The van der Waals surface area contributed by atoms with Crippen molar-refractivity contribution in [3.63, 3.8) is 0 Å². The molecule has 0 amide bonds. The third-order valence-electron chi connectivity index (χ3n) is 5.18. The first-order chi connectivity index (χ1) is 11.8. The minimum Gasteiger partial charge on any atom is -0.293 e. The number of hydrogen-bond acceptors (Lipinski definition) is 1. The van der Waals surface area contributed by atoms with Crippen molar-refractivity contribution in [2.75, 3.05) is 0 Å². The minimum atomic E-state index is 0.0363. The van der Waals surface area contributed by atoms with Crippen LogP contribution in [0.5, 0.6) is 0 Å². The largest absolute Gasteiger partial charge is 0.293 e. The average molecular weight is 314 g/mol. The van der Waals surface area contributed by atoms with Gasteiger partial charge in [0.1, 0.15) is 0 Å². The molecule has 0 saturated carbocycles. The van der Waals surface area contributed by atoms with Gasteiger partial charge in [0.2, 0.25) is 0 Å². The molecule has 0 N–H and O–H groups in total. The summed E-state index contributed by atoms with van der Waals surface area (Å²) in [6.07, 6.45) is 6.71. The predicted molar refractivity (Wildman–Crippen MR) is 100 cm³/mol. The van der Waals surface area contributed by atoms with Crippen LogP contribution in [0.3, 0.4) is 0 Å². The molecule has 0 radical (unpaired) electrons. The molecule has 0 aromatic heterocycles. The number of benzene rings is 2. The molecular weight excluding hydrogens is 292 g/mol. The van der Waals surface area contributed by atoms with E-state index in [1.54, 1.807) is 0 Å². The van der Waals surface area contributed by atoms with Gasteiger partial charge < -0.3 is 0 Å². The van der Waals surface area contributed by atoms with Gasteiger partial charge in [0, 0.05) is 11.5 Å². The summed E-state index contributed by atoms with van der Waals surface area (Å²) in [7, 11) is 0. The molecule has 0 spiro atoms. The van der Waals surface area contributed by atoms with Crippen LogP contribution in [-0.4, -0.2) is 5.78 Å². The monoisotopic (exact) mass is 314 g/mol. The van der Waals surface area contributed by atoms with Crippen LogP contribution in [0.1, 0.15) is 49.3 Å². The number of Topliss-reactive ketones (excluding diaryl/α,β-unsaturated/α-hetero) is 1. The molecule has 0 bridgehead atoms. The Morgan fingerprint density at radius 2 is 1.62 bits per heavy atom. The van der Waals surface area contributed by atoms with Crippen LogP contribution in [0, 0.1) is 5.92 Å². The van der Waals surface area contributed by atoms with Crippen LogP contribution in [0.4, 0.5) is 0 Å². The fraction of sp³-hybridized carbons (Fsp3) is 0.261. The van der Waals surface area contributed by atoms with Gasteiger partial charge >= 0.3 is 0 Å². The number of carbonyl (C=O) groups excluding carboxylic acids is 1. The van der Waals surface area contributed by atoms with E-state index in [1.807, 2.05) is 18.2 Å². The Morgan fingerprint density at radius 3 is 2.42 bits per heavy atom. The molecule has 0 heterocycles. The minimum absolute atomic E-state index is 0.0363. The van der Waals surface area contributed by atoms with Crippen molar-refractivity contribution < 1.29 is 4.79 Å². The molecule has 1 unspecified atom stereocenters. The maximum absolute atomic E-state index is 13.2. The van der Waals surface area contributed by atoms with Crippen molar-refractivity contribution in [1.82, 2.24) is 0 Å². The molecule has 24 heavy (non-hydrogen) atoms. The molecule has 0 fully saturated rings. The normalized spacial score (nSPS) is 18.6. The highest BCUT2D eigenvalue weighted by molar-refractivity contribution is 6.38. The first-order valence-electron chi connectivity index (χ1n) is 8.96. The second-order valence-corrected chi connectivity index (χ2v) is 6.72. The van der Waals surface area contributed by atoms with Crippen molar-refractivity contribution >= 4 is 23.0 Å². The Hall–Kier alpha value is -2.41. The lowest BCUT2D eigenvalue weighted by Crippen LogP contribution is -2.11. The Morgan fingerprint density at radius 1 is 0.875 bits per heavy atom. The topological polar surface area (TPSA) is 17.1 Å². The zero-order valence-corrected chi connectivity index (χ0v) is 14.1. The van der Waals surface area contributed by atoms with Crippen LogP contribution in [0.15, 0.2) is 60.2 Å². The van der Waals surface area contributed by atoms with Gasteiger partial charge in [-0.3, -0.25) is 4.79 Å². The molecule has 2 aliphatic carbocycles. The first kappa shape index (κ1) is 15.1. The summed E-state index contributed by atoms with van der Waals surface area (Å²) in [5.74, 6) is 0.349. The number of unbranched alkanes of at least 4 members (excludes halogenated alkanes) is 2. The van der Waals surface area contributed by atoms with E-state index in [2.05, 4.69) is 49.4 Å². The molecule has 2 aromatic rings. The summed E-state index contributed by atoms with van der Waals surface area (Å²) in [6.45, 7) is 2.21. The summed E-state index contributed by atoms with van der Waals surface area (Å²) in [5, 5.41) is 0. The Labute approximate surface area is 143 Å². The van der Waals surface area contributed by atoms with Gasteiger partial charge in [-0.1, -0.05) is 80.8 Å². The molecule has 2 aliphatic rings. The molecular formula is C23H22O. The summed E-state index contributed by atoms with van der Waals surface area (Å²) >= 11 is 0. The zero-order chi connectivity index (χ0) is 16.5. The number of ketones is 1. The Balaban J connectivity index is 1.83. The second kappa shape index (κ2) is 6.24. The Kier molecular flexibility index (Phi) is 3.93. The maximum atomic E-state index is 13.2. The smallest absolute Gasteiger partial charge is 0.171 e. The van der Waals surface area contributed by atoms with E-state index in [0.29, 0.717) is 5.78 Å². The van der Waals surface area contributed by atoms with E-state index in [-0.39, 0.29) is 5.92 Å². The van der Waals surface area contributed by atoms with Crippen molar-refractivity contribution in [2.24, 2.45) is 5.92 Å². The fourth-order valence-corrected chi connectivity index (χ4v) is 4.01. The number of rotatable bonds is 5. The lowest BCUT2D eigenvalue weighted by molar-refractivity contribution is -0.115. The average Bonchev–Trinajstić information content (AvgIpc) is 3.11. The van der Waals surface area contributed by atoms with Gasteiger partial charge in [0.15, 0.2) is 5.78 Å². The van der Waals surface area contributed by atoms with Crippen molar-refractivity contribution in [1.29, 1.82) is 0 Å². The molecule has 1 atom stereocenters. The number of fused-ring (bicyclic) bond motifs is 3. The first-order valence-corrected chi connectivity index (χ1v) is 8.96. The highest BCUT2D eigenvalue weighted by atomic mass is 16.1. The van der Waals surface area contributed by atoms with Crippen LogP contribution in [0.25, 0.3) is 17.2 Å². The molecule has 1 nitrogen and oxygen atoms in total. The molecule has 120 valence electrons. The van der Waals surface area contributed by atoms with Crippen LogP contribution < -0.4 is 0 Å². The van der Waals surface area contributed by atoms with Crippen molar-refractivity contribution in [2.45, 2.75) is 32.6 Å². The standard InChI is InChI=1S/C23H22O/c1-2-3-5-14-19-20-15-17-12-8-9-13-18(17)22(20)21(23(19)24)16-10-6-4-7-11-16/h4,6-13,15,19H,2-3,5,14H2,1H3. The molecule has 2 aromatic carbocycles. The Bertz CT molecular complexity index is 839. The van der Waals surface area contributed by atoms with E-state index in [9.17, 15) is 4.79 Å².